The van der Waals surface area contributed by atoms with Crippen LogP contribution in [0, 0.1) is 0 Å². The lowest BCUT2D eigenvalue weighted by atomic mass is 10.0. The van der Waals surface area contributed by atoms with Gasteiger partial charge in [0.15, 0.2) is 6.54 Å². The molecular weight excluding hydrogens is 342 g/mol. The molecule has 1 fully saturated rings. The van der Waals surface area contributed by atoms with Crippen LogP contribution in [0.25, 0.3) is 0 Å². The van der Waals surface area contributed by atoms with E-state index in [1.54, 1.807) is 4.90 Å². The van der Waals surface area contributed by atoms with Gasteiger partial charge in [0, 0.05) is 18.5 Å². The van der Waals surface area contributed by atoms with Gasteiger partial charge in [0.05, 0.1) is 7.11 Å². The minimum absolute atomic E-state index is 0.0718. The van der Waals surface area contributed by atoms with E-state index in [1.807, 2.05) is 0 Å². The van der Waals surface area contributed by atoms with Gasteiger partial charge in [0.2, 0.25) is 0 Å². The Morgan fingerprint density at radius 1 is 1.07 bits per heavy atom. The van der Waals surface area contributed by atoms with E-state index in [0.717, 1.165) is 32.7 Å². The number of ether oxygens (including phenoxy) is 1. The van der Waals surface area contributed by atoms with Gasteiger partial charge in [0.1, 0.15) is 32.7 Å². The van der Waals surface area contributed by atoms with Crippen molar-refractivity contribution in [3.05, 3.63) is 35.4 Å². The molecule has 0 spiro atoms. The van der Waals surface area contributed by atoms with Crippen molar-refractivity contribution in [2.24, 2.45) is 0 Å². The van der Waals surface area contributed by atoms with Crippen LogP contribution in [0.4, 0.5) is 0 Å². The molecule has 0 unspecified atom stereocenters. The summed E-state index contributed by atoms with van der Waals surface area (Å²) in [6.45, 7) is 10.8. The number of esters is 1. The lowest BCUT2D eigenvalue weighted by Crippen LogP contribution is -3.28. The lowest BCUT2D eigenvalue weighted by molar-refractivity contribution is -1.02. The van der Waals surface area contributed by atoms with E-state index >= 15 is 0 Å². The van der Waals surface area contributed by atoms with Crippen molar-refractivity contribution < 1.29 is 24.1 Å². The topological polar surface area (TPSA) is 64.3 Å². The molecule has 6 heteroatoms. The molecule has 1 aromatic carbocycles. The molecule has 150 valence electrons. The predicted molar refractivity (Wildman–Crippen MR) is 105 cm³/mol. The van der Waals surface area contributed by atoms with Gasteiger partial charge in [-0.1, -0.05) is 38.1 Å². The van der Waals surface area contributed by atoms with Crippen molar-refractivity contribution in [1.82, 2.24) is 5.32 Å². The fourth-order valence-electron chi connectivity index (χ4n) is 3.47. The number of hydrogen-bond donors (Lipinski definition) is 3. The smallest absolute Gasteiger partial charge is 0.305 e. The van der Waals surface area contributed by atoms with Crippen LogP contribution in [0.1, 0.15) is 43.7 Å². The number of benzene rings is 1. The molecule has 3 N–H and O–H groups in total. The Morgan fingerprint density at radius 2 is 1.70 bits per heavy atom. The summed E-state index contributed by atoms with van der Waals surface area (Å²) in [5.74, 6) is 0.417. The van der Waals surface area contributed by atoms with Gasteiger partial charge in [-0.25, -0.2) is 0 Å². The number of hydrogen-bond acceptors (Lipinski definition) is 3. The van der Waals surface area contributed by atoms with E-state index in [4.69, 9.17) is 0 Å². The number of nitrogens with one attached hydrogen (secondary N) is 3. The Bertz CT molecular complexity index is 593. The number of amides is 1. The number of quaternary nitrogens is 2. The Morgan fingerprint density at radius 3 is 2.30 bits per heavy atom. The molecule has 1 aromatic rings. The molecule has 1 heterocycles. The molecule has 0 radical (unpaired) electrons. The maximum atomic E-state index is 12.0. The highest BCUT2D eigenvalue weighted by Crippen LogP contribution is 2.14. The van der Waals surface area contributed by atoms with E-state index in [9.17, 15) is 9.59 Å². The van der Waals surface area contributed by atoms with Crippen molar-refractivity contribution in [3.63, 3.8) is 0 Å². The van der Waals surface area contributed by atoms with Crippen LogP contribution >= 0.6 is 0 Å². The third kappa shape index (κ3) is 7.69. The SMILES string of the molecule is COC(=O)CCCNC(=O)C[NH+]1CC[NH+](Cc2ccc(C(C)C)cc2)CC1. The molecular formula is C21H35N3O3+2. The van der Waals surface area contributed by atoms with E-state index in [1.165, 1.54) is 23.1 Å². The second-order valence-electron chi connectivity index (χ2n) is 7.78. The van der Waals surface area contributed by atoms with Gasteiger partial charge in [-0.2, -0.15) is 0 Å². The van der Waals surface area contributed by atoms with E-state index in [0.29, 0.717) is 31.8 Å². The van der Waals surface area contributed by atoms with Gasteiger partial charge >= 0.3 is 5.97 Å². The predicted octanol–water partition coefficient (Wildman–Crippen LogP) is -0.837. The first-order valence-corrected chi connectivity index (χ1v) is 10.1. The second kappa shape index (κ2) is 11.0. The maximum absolute atomic E-state index is 12.0. The highest BCUT2D eigenvalue weighted by atomic mass is 16.5. The van der Waals surface area contributed by atoms with Crippen LogP contribution in [0.5, 0.6) is 0 Å². The number of carbonyl (C=O) groups is 2. The number of methoxy groups -OCH3 is 1. The van der Waals surface area contributed by atoms with Gasteiger partial charge in [-0.3, -0.25) is 9.59 Å². The Kier molecular flexibility index (Phi) is 8.75. The molecule has 2 rings (SSSR count). The van der Waals surface area contributed by atoms with E-state index in [2.05, 4.69) is 48.2 Å². The van der Waals surface area contributed by atoms with Gasteiger partial charge in [-0.05, 0) is 17.9 Å². The zero-order chi connectivity index (χ0) is 19.6. The largest absolute Gasteiger partial charge is 0.469 e. The molecule has 6 nitrogen and oxygen atoms in total. The summed E-state index contributed by atoms with van der Waals surface area (Å²) in [7, 11) is 1.38. The highest BCUT2D eigenvalue weighted by molar-refractivity contribution is 5.76. The summed E-state index contributed by atoms with van der Waals surface area (Å²) < 4.78 is 4.59. The molecule has 0 atom stereocenters. The van der Waals surface area contributed by atoms with Crippen LogP contribution < -0.4 is 15.1 Å². The maximum Gasteiger partial charge on any atom is 0.305 e. The highest BCUT2D eigenvalue weighted by Gasteiger charge is 2.24. The normalized spacial score (nSPS) is 19.7. The summed E-state index contributed by atoms with van der Waals surface area (Å²) in [6, 6.07) is 8.99. The first kappa shape index (κ1) is 21.4. The van der Waals surface area contributed by atoms with Crippen LogP contribution in [0.3, 0.4) is 0 Å². The van der Waals surface area contributed by atoms with Crippen LogP contribution in [0.2, 0.25) is 0 Å². The van der Waals surface area contributed by atoms with E-state index in [-0.39, 0.29) is 11.9 Å². The van der Waals surface area contributed by atoms with Gasteiger partial charge in [0.25, 0.3) is 5.91 Å². The van der Waals surface area contributed by atoms with Crippen LogP contribution in [-0.2, 0) is 20.9 Å². The molecule has 0 saturated carbocycles. The molecule has 1 aliphatic rings. The first-order chi connectivity index (χ1) is 13.0. The fraction of sp³-hybridized carbons (Fsp3) is 0.619. The number of carbonyl (C=O) groups excluding carboxylic acids is 2. The zero-order valence-electron chi connectivity index (χ0n) is 17.0. The van der Waals surface area contributed by atoms with Crippen molar-refractivity contribution in [3.8, 4) is 0 Å². The van der Waals surface area contributed by atoms with Crippen LogP contribution in [-0.4, -0.2) is 58.3 Å². The minimum atomic E-state index is -0.229. The second-order valence-corrected chi connectivity index (χ2v) is 7.78. The third-order valence-electron chi connectivity index (χ3n) is 5.28. The molecule has 0 aliphatic carbocycles. The molecule has 1 amide bonds. The summed E-state index contributed by atoms with van der Waals surface area (Å²) in [5, 5.41) is 2.90. The Labute approximate surface area is 162 Å². The first-order valence-electron chi connectivity index (χ1n) is 10.1. The average Bonchev–Trinajstić information content (AvgIpc) is 2.67. The van der Waals surface area contributed by atoms with Gasteiger partial charge < -0.3 is 19.9 Å². The average molecular weight is 378 g/mol. The molecule has 0 aromatic heterocycles. The summed E-state index contributed by atoms with van der Waals surface area (Å²) in [6.07, 6.45) is 0.977. The van der Waals surface area contributed by atoms with Gasteiger partial charge in [-0.15, -0.1) is 0 Å². The molecule has 27 heavy (non-hydrogen) atoms. The molecule has 1 aliphatic heterocycles. The quantitative estimate of drug-likeness (QED) is 0.389. The lowest BCUT2D eigenvalue weighted by Gasteiger charge is -2.29. The number of piperazine rings is 1. The summed E-state index contributed by atoms with van der Waals surface area (Å²) in [5.41, 5.74) is 2.78. The summed E-state index contributed by atoms with van der Waals surface area (Å²) >= 11 is 0. The Balaban J connectivity index is 1.63. The van der Waals surface area contributed by atoms with Crippen molar-refractivity contribution in [2.75, 3.05) is 46.4 Å². The minimum Gasteiger partial charge on any atom is -0.469 e. The van der Waals surface area contributed by atoms with Crippen LogP contribution in [0.15, 0.2) is 24.3 Å². The van der Waals surface area contributed by atoms with Crippen molar-refractivity contribution in [1.29, 1.82) is 0 Å². The molecule has 0 bridgehead atoms. The standard InChI is InChI=1S/C21H33N3O3/c1-17(2)19-8-6-18(7-9-19)15-23-11-13-24(14-12-23)16-20(25)22-10-4-5-21(26)27-3/h6-9,17H,4-5,10-16H2,1-3H3,(H,22,25)/p+2. The monoisotopic (exact) mass is 377 g/mol. The van der Waals surface area contributed by atoms with E-state index < -0.39 is 0 Å². The van der Waals surface area contributed by atoms with Crippen molar-refractivity contribution in [2.45, 2.75) is 39.2 Å². The fourth-order valence-corrected chi connectivity index (χ4v) is 3.47. The summed E-state index contributed by atoms with van der Waals surface area (Å²) in [4.78, 5) is 26.0. The third-order valence-corrected chi connectivity index (χ3v) is 5.28. The Hall–Kier alpha value is -1.92. The number of rotatable bonds is 9. The molecule has 1 saturated heterocycles. The zero-order valence-corrected chi connectivity index (χ0v) is 17.0. The van der Waals surface area contributed by atoms with Crippen molar-refractivity contribution >= 4 is 11.9 Å².